The zero-order chi connectivity index (χ0) is 16.3. The van der Waals surface area contributed by atoms with Crippen LogP contribution in [0.3, 0.4) is 0 Å². The molecule has 3 aromatic heterocycles. The molecule has 0 unspecified atom stereocenters. The molecule has 1 saturated carbocycles. The Kier molecular flexibility index (Phi) is 2.68. The summed E-state index contributed by atoms with van der Waals surface area (Å²) < 4.78 is 5.34. The van der Waals surface area contributed by atoms with Gasteiger partial charge in [0.25, 0.3) is 5.56 Å². The summed E-state index contributed by atoms with van der Waals surface area (Å²) in [6.45, 7) is 0. The number of imidazole rings is 1. The van der Waals surface area contributed by atoms with E-state index in [4.69, 9.17) is 0 Å². The van der Waals surface area contributed by atoms with Gasteiger partial charge in [-0.15, -0.1) is 5.10 Å². The number of hydrogen-bond donors (Lipinski definition) is 0. The summed E-state index contributed by atoms with van der Waals surface area (Å²) in [6.07, 6.45) is 7.02. The first-order valence-corrected chi connectivity index (χ1v) is 8.09. The Hall–Kier alpha value is -2.96. The number of benzene rings is 1. The van der Waals surface area contributed by atoms with Gasteiger partial charge in [0.05, 0.1) is 22.8 Å². The van der Waals surface area contributed by atoms with Crippen LogP contribution < -0.4 is 5.56 Å². The SMILES string of the molecule is Cn1c(=O)c2ccccc2n2cnc(-n3nncc3CC3CC3)c12. The third-order valence-electron chi connectivity index (χ3n) is 4.76. The maximum absolute atomic E-state index is 12.7. The molecular weight excluding hydrogens is 304 g/mol. The molecule has 0 radical (unpaired) electrons. The molecular formula is C17H16N6O. The lowest BCUT2D eigenvalue weighted by atomic mass is 10.2. The van der Waals surface area contributed by atoms with Crippen molar-refractivity contribution in [1.82, 2.24) is 28.9 Å². The summed E-state index contributed by atoms with van der Waals surface area (Å²) in [5.74, 6) is 1.37. The van der Waals surface area contributed by atoms with Crippen LogP contribution in [0.2, 0.25) is 0 Å². The standard InChI is InChI=1S/C17H16N6O/c1-21-16-15(23-12(9-19-20-23)8-11-6-7-11)18-10-22(16)14-5-3-2-4-13(14)17(21)24/h2-5,9-11H,6-8H2,1H3. The van der Waals surface area contributed by atoms with Crippen LogP contribution in [0.25, 0.3) is 22.4 Å². The summed E-state index contributed by atoms with van der Waals surface area (Å²) in [4.78, 5) is 17.3. The minimum Gasteiger partial charge on any atom is -0.294 e. The van der Waals surface area contributed by atoms with Gasteiger partial charge >= 0.3 is 0 Å². The first kappa shape index (κ1) is 13.5. The van der Waals surface area contributed by atoms with Crippen molar-refractivity contribution in [1.29, 1.82) is 0 Å². The van der Waals surface area contributed by atoms with E-state index in [0.29, 0.717) is 11.2 Å². The smallest absolute Gasteiger partial charge is 0.261 e. The first-order valence-electron chi connectivity index (χ1n) is 8.09. The lowest BCUT2D eigenvalue weighted by Crippen LogP contribution is -2.20. The van der Waals surface area contributed by atoms with Crippen LogP contribution in [0.1, 0.15) is 18.5 Å². The van der Waals surface area contributed by atoms with Crippen molar-refractivity contribution in [3.05, 3.63) is 52.8 Å². The average Bonchev–Trinajstić information content (AvgIpc) is 3.12. The third kappa shape index (κ3) is 1.84. The minimum absolute atomic E-state index is 0.0382. The van der Waals surface area contributed by atoms with Crippen LogP contribution in [-0.4, -0.2) is 28.9 Å². The average molecular weight is 320 g/mol. The second-order valence-corrected chi connectivity index (χ2v) is 6.43. The molecule has 0 amide bonds. The number of para-hydroxylation sites is 1. The van der Waals surface area contributed by atoms with Gasteiger partial charge in [-0.1, -0.05) is 17.3 Å². The molecule has 3 heterocycles. The number of aryl methyl sites for hydroxylation is 1. The molecule has 1 aliphatic rings. The Balaban J connectivity index is 1.82. The normalized spacial score (nSPS) is 14.7. The van der Waals surface area contributed by atoms with Crippen LogP contribution in [0.5, 0.6) is 0 Å². The summed E-state index contributed by atoms with van der Waals surface area (Å²) in [5.41, 5.74) is 2.57. The van der Waals surface area contributed by atoms with Crippen LogP contribution in [-0.2, 0) is 13.5 Å². The van der Waals surface area contributed by atoms with Crippen molar-refractivity contribution in [2.75, 3.05) is 0 Å². The number of aromatic nitrogens is 6. The largest absolute Gasteiger partial charge is 0.294 e. The Bertz CT molecular complexity index is 1130. The second kappa shape index (κ2) is 4.77. The predicted molar refractivity (Wildman–Crippen MR) is 89.3 cm³/mol. The Morgan fingerprint density at radius 2 is 2.08 bits per heavy atom. The third-order valence-corrected chi connectivity index (χ3v) is 4.76. The summed E-state index contributed by atoms with van der Waals surface area (Å²) in [6, 6.07) is 7.57. The number of rotatable bonds is 3. The van der Waals surface area contributed by atoms with Gasteiger partial charge in [-0.3, -0.25) is 13.8 Å². The van der Waals surface area contributed by atoms with E-state index >= 15 is 0 Å². The van der Waals surface area contributed by atoms with Crippen molar-refractivity contribution in [2.24, 2.45) is 13.0 Å². The Morgan fingerprint density at radius 1 is 1.25 bits per heavy atom. The molecule has 1 aromatic carbocycles. The molecule has 7 nitrogen and oxygen atoms in total. The lowest BCUT2D eigenvalue weighted by molar-refractivity contribution is 0.708. The first-order chi connectivity index (χ1) is 11.7. The van der Waals surface area contributed by atoms with E-state index in [9.17, 15) is 4.79 Å². The molecule has 0 atom stereocenters. The van der Waals surface area contributed by atoms with Crippen LogP contribution in [0, 0.1) is 5.92 Å². The van der Waals surface area contributed by atoms with E-state index in [-0.39, 0.29) is 5.56 Å². The van der Waals surface area contributed by atoms with Gasteiger partial charge in [0.15, 0.2) is 11.5 Å². The Morgan fingerprint density at radius 3 is 2.92 bits per heavy atom. The summed E-state index contributed by atoms with van der Waals surface area (Å²) >= 11 is 0. The van der Waals surface area contributed by atoms with E-state index in [1.807, 2.05) is 28.7 Å². The summed E-state index contributed by atoms with van der Waals surface area (Å²) in [7, 11) is 1.77. The molecule has 1 aliphatic carbocycles. The number of fused-ring (bicyclic) bond motifs is 3. The lowest BCUT2D eigenvalue weighted by Gasteiger charge is -2.09. The molecule has 120 valence electrons. The van der Waals surface area contributed by atoms with E-state index < -0.39 is 0 Å². The highest BCUT2D eigenvalue weighted by Crippen LogP contribution is 2.33. The van der Waals surface area contributed by atoms with E-state index in [1.54, 1.807) is 28.8 Å². The van der Waals surface area contributed by atoms with Crippen LogP contribution >= 0.6 is 0 Å². The molecule has 5 rings (SSSR count). The maximum atomic E-state index is 12.7. The fourth-order valence-corrected chi connectivity index (χ4v) is 3.30. The molecule has 0 N–H and O–H groups in total. The molecule has 1 fully saturated rings. The molecule has 24 heavy (non-hydrogen) atoms. The fraction of sp³-hybridized carbons (Fsp3) is 0.294. The minimum atomic E-state index is -0.0382. The Labute approximate surface area is 137 Å². The van der Waals surface area contributed by atoms with Gasteiger partial charge in [-0.05, 0) is 37.3 Å². The van der Waals surface area contributed by atoms with Crippen molar-refractivity contribution in [3.8, 4) is 5.82 Å². The van der Waals surface area contributed by atoms with Gasteiger partial charge < -0.3 is 0 Å². The number of nitrogens with zero attached hydrogens (tertiary/aromatic N) is 6. The van der Waals surface area contributed by atoms with Crippen molar-refractivity contribution >= 4 is 16.6 Å². The molecule has 0 saturated heterocycles. The van der Waals surface area contributed by atoms with Gasteiger partial charge in [0, 0.05) is 7.05 Å². The number of hydrogen-bond acceptors (Lipinski definition) is 4. The topological polar surface area (TPSA) is 70.0 Å². The zero-order valence-corrected chi connectivity index (χ0v) is 13.3. The van der Waals surface area contributed by atoms with Crippen molar-refractivity contribution in [3.63, 3.8) is 0 Å². The van der Waals surface area contributed by atoms with Crippen LogP contribution in [0.15, 0.2) is 41.6 Å². The molecule has 0 spiro atoms. The summed E-state index contributed by atoms with van der Waals surface area (Å²) in [5, 5.41) is 8.95. The van der Waals surface area contributed by atoms with Crippen LogP contribution in [0.4, 0.5) is 0 Å². The van der Waals surface area contributed by atoms with Gasteiger partial charge in [0.2, 0.25) is 0 Å². The highest BCUT2D eigenvalue weighted by molar-refractivity contribution is 5.82. The molecule has 0 aliphatic heterocycles. The second-order valence-electron chi connectivity index (χ2n) is 6.43. The quantitative estimate of drug-likeness (QED) is 0.576. The monoisotopic (exact) mass is 320 g/mol. The fourth-order valence-electron chi connectivity index (χ4n) is 3.30. The predicted octanol–water partition coefficient (Wildman–Crippen LogP) is 1.72. The van der Waals surface area contributed by atoms with Gasteiger partial charge in [-0.25, -0.2) is 4.98 Å². The zero-order valence-electron chi connectivity index (χ0n) is 13.3. The molecule has 7 heteroatoms. The van der Waals surface area contributed by atoms with E-state index in [2.05, 4.69) is 15.3 Å². The van der Waals surface area contributed by atoms with E-state index in [0.717, 1.165) is 29.2 Å². The molecule has 4 aromatic rings. The van der Waals surface area contributed by atoms with Crippen molar-refractivity contribution < 1.29 is 0 Å². The van der Waals surface area contributed by atoms with Gasteiger partial charge in [-0.2, -0.15) is 4.68 Å². The van der Waals surface area contributed by atoms with Crippen molar-refractivity contribution in [2.45, 2.75) is 19.3 Å². The maximum Gasteiger partial charge on any atom is 0.261 e. The highest BCUT2D eigenvalue weighted by Gasteiger charge is 2.25. The van der Waals surface area contributed by atoms with E-state index in [1.165, 1.54) is 12.8 Å². The molecule has 0 bridgehead atoms. The highest BCUT2D eigenvalue weighted by atomic mass is 16.1. The van der Waals surface area contributed by atoms with Gasteiger partial charge in [0.1, 0.15) is 6.33 Å².